The molecular weight excluding hydrogens is 1030 g/mol. The molecule has 0 aliphatic rings. The van der Waals surface area contributed by atoms with Gasteiger partial charge in [-0.1, -0.05) is 196 Å². The van der Waals surface area contributed by atoms with Crippen molar-refractivity contribution in [3.05, 3.63) is 0 Å². The molecule has 0 amide bonds. The normalized spacial score (nSPS) is 11.5. The van der Waals surface area contributed by atoms with E-state index < -0.39 is 21.9 Å². The molecule has 0 aliphatic heterocycles. The number of hydrogen-bond donors (Lipinski definition) is 0. The van der Waals surface area contributed by atoms with E-state index in [1.807, 2.05) is 0 Å². The molecule has 392 valence electrons. The van der Waals surface area contributed by atoms with Crippen molar-refractivity contribution < 1.29 is 55.7 Å². The van der Waals surface area contributed by atoms with Gasteiger partial charge >= 0.3 is 82.8 Å². The van der Waals surface area contributed by atoms with Gasteiger partial charge in [-0.2, -0.15) is 0 Å². The Morgan fingerprint density at radius 2 is 0.323 bits per heavy atom. The summed E-state index contributed by atoms with van der Waals surface area (Å²) in [5.74, 6) is 0. The van der Waals surface area contributed by atoms with Crippen LogP contribution in [0.25, 0.3) is 0 Å². The molecule has 0 bridgehead atoms. The number of hydrogen-bond acceptors (Lipinski definition) is 0. The summed E-state index contributed by atoms with van der Waals surface area (Å²) in [6.07, 6.45) is 51.7. The maximum absolute atomic E-state index is 4.87. The van der Waals surface area contributed by atoms with Gasteiger partial charge in [-0.3, -0.25) is 0 Å². The summed E-state index contributed by atoms with van der Waals surface area (Å²) < 4.78 is 2.71. The molecule has 0 aromatic rings. The fourth-order valence-electron chi connectivity index (χ4n) is 8.31. The van der Waals surface area contributed by atoms with Gasteiger partial charge in [0.1, 0.15) is 0 Å². The summed E-state index contributed by atoms with van der Waals surface area (Å²) in [6.45, 7) is 22.4. The molecule has 0 unspecified atom stereocenters. The monoisotopic (exact) mass is 1130 g/mol. The second-order valence-electron chi connectivity index (χ2n) is 18.5. The van der Waals surface area contributed by atoms with Crippen LogP contribution in [0.2, 0.25) is 0 Å². The van der Waals surface area contributed by atoms with E-state index in [2.05, 4.69) is 55.6 Å². The van der Waals surface area contributed by atoms with Crippen LogP contribution in [0.3, 0.4) is 0 Å². The molecule has 0 saturated carbocycles. The molecular formula is C50H108Cl8Co2N2. The van der Waals surface area contributed by atoms with E-state index >= 15 is 0 Å². The average molecular weight is 1140 g/mol. The van der Waals surface area contributed by atoms with E-state index in [0.29, 0.717) is 0 Å². The SMILES string of the molecule is CCCCCCCC[N+](C)(CCCCCCCC)CCCCCCCC.CCCCCCCC[N+](C)(CCCCCCCC)CCCCCCCC.[Cl-].[Cl-].[Cl][Co]([Cl])[Cl].[Cl][Co]([Cl])[Cl]. The molecule has 12 heteroatoms. The fourth-order valence-corrected chi connectivity index (χ4v) is 8.31. The average Bonchev–Trinajstić information content (AvgIpc) is 3.20. The first-order valence-electron chi connectivity index (χ1n) is 25.8. The number of unbranched alkanes of at least 4 members (excludes halogenated alkanes) is 30. The second-order valence-corrected chi connectivity index (χ2v) is 28.8. The zero-order valence-electron chi connectivity index (χ0n) is 42.3. The van der Waals surface area contributed by atoms with Crippen LogP contribution in [-0.2, 0) is 21.9 Å². The van der Waals surface area contributed by atoms with Crippen molar-refractivity contribution >= 4 is 60.9 Å². The third kappa shape index (κ3) is 74.8. The summed E-state index contributed by atoms with van der Waals surface area (Å²) in [5.41, 5.74) is 0. The van der Waals surface area contributed by atoms with Gasteiger partial charge in [0, 0.05) is 0 Å². The minimum absolute atomic E-state index is 0. The summed E-state index contributed by atoms with van der Waals surface area (Å²) in [5, 5.41) is 0. The van der Waals surface area contributed by atoms with E-state index in [-0.39, 0.29) is 24.8 Å². The summed E-state index contributed by atoms with van der Waals surface area (Å²) in [4.78, 5) is 0. The first kappa shape index (κ1) is 76.7. The van der Waals surface area contributed by atoms with Crippen molar-refractivity contribution in [3.8, 4) is 0 Å². The Morgan fingerprint density at radius 3 is 0.435 bits per heavy atom. The van der Waals surface area contributed by atoms with Crippen molar-refractivity contribution in [2.45, 2.75) is 273 Å². The summed E-state index contributed by atoms with van der Waals surface area (Å²) in [7, 11) is 32.0. The van der Waals surface area contributed by atoms with Crippen LogP contribution in [-0.4, -0.2) is 62.3 Å². The van der Waals surface area contributed by atoms with Gasteiger partial charge in [0.05, 0.1) is 53.4 Å². The number of quaternary nitrogens is 2. The van der Waals surface area contributed by atoms with Crippen molar-refractivity contribution in [3.63, 3.8) is 0 Å². The summed E-state index contributed by atoms with van der Waals surface area (Å²) >= 11 is 0. The Bertz CT molecular complexity index is 613. The zero-order chi connectivity index (χ0) is 45.9. The van der Waals surface area contributed by atoms with Crippen LogP contribution >= 0.6 is 60.9 Å². The van der Waals surface area contributed by atoms with Crippen molar-refractivity contribution in [2.75, 3.05) is 53.4 Å². The molecule has 0 atom stereocenters. The van der Waals surface area contributed by atoms with Crippen LogP contribution in [0.4, 0.5) is 0 Å². The molecule has 0 N–H and O–H groups in total. The molecule has 0 fully saturated rings. The molecule has 62 heavy (non-hydrogen) atoms. The van der Waals surface area contributed by atoms with Gasteiger partial charge < -0.3 is 33.8 Å². The molecule has 2 nitrogen and oxygen atoms in total. The first-order valence-corrected chi connectivity index (χ1v) is 34.4. The third-order valence-corrected chi connectivity index (χ3v) is 12.3. The van der Waals surface area contributed by atoms with Crippen molar-refractivity contribution in [1.82, 2.24) is 0 Å². The molecule has 0 spiro atoms. The van der Waals surface area contributed by atoms with Crippen LogP contribution in [0, 0.1) is 0 Å². The molecule has 0 aromatic carbocycles. The van der Waals surface area contributed by atoms with Crippen molar-refractivity contribution in [1.29, 1.82) is 0 Å². The fraction of sp³-hybridized carbons (Fsp3) is 1.00. The number of rotatable bonds is 42. The maximum atomic E-state index is 4.87. The molecule has 0 heterocycles. The van der Waals surface area contributed by atoms with Crippen molar-refractivity contribution in [2.24, 2.45) is 0 Å². The van der Waals surface area contributed by atoms with Gasteiger partial charge in [0.2, 0.25) is 0 Å². The predicted octanol–water partition coefficient (Wildman–Crippen LogP) is 15.2. The quantitative estimate of drug-likeness (QED) is 0.0422. The molecule has 0 aromatic heterocycles. The Hall–Kier alpha value is 3.25. The topological polar surface area (TPSA) is 0 Å². The number of halogens is 8. The number of nitrogens with zero attached hydrogens (tertiary/aromatic N) is 2. The van der Waals surface area contributed by atoms with Crippen LogP contribution in [0.5, 0.6) is 0 Å². The van der Waals surface area contributed by atoms with Gasteiger partial charge in [-0.05, 0) is 77.0 Å². The molecule has 0 rings (SSSR count). The van der Waals surface area contributed by atoms with Crippen LogP contribution in [0.15, 0.2) is 0 Å². The first-order chi connectivity index (χ1) is 28.8. The van der Waals surface area contributed by atoms with E-state index in [1.54, 1.807) is 0 Å². The van der Waals surface area contributed by atoms with Gasteiger partial charge in [-0.15, -0.1) is 0 Å². The predicted molar refractivity (Wildman–Crippen MR) is 277 cm³/mol. The molecule has 0 aliphatic carbocycles. The molecule has 0 radical (unpaired) electrons. The Morgan fingerprint density at radius 1 is 0.226 bits per heavy atom. The summed E-state index contributed by atoms with van der Waals surface area (Å²) in [6, 6.07) is 0. The second kappa shape index (κ2) is 64.3. The van der Waals surface area contributed by atoms with Gasteiger partial charge in [0.15, 0.2) is 0 Å². The Kier molecular flexibility index (Phi) is 79.5. The standard InChI is InChI=1S/2C25H54N.8ClH.2Co/c2*1-5-8-11-14-17-20-23-26(4,24-21-18-15-12-9-6-2)25-22-19-16-13-10-7-3;;;;;;;;;;/h2*5-25H2,1-4H3;8*1H;;/q2*+1;;;;;;;;;2*+3/p-8. The van der Waals surface area contributed by atoms with Gasteiger partial charge in [-0.25, -0.2) is 0 Å². The zero-order valence-corrected chi connectivity index (χ0v) is 50.4. The van der Waals surface area contributed by atoms with E-state index in [9.17, 15) is 0 Å². The van der Waals surface area contributed by atoms with E-state index in [1.165, 1.54) is 279 Å². The minimum atomic E-state index is -1.19. The van der Waals surface area contributed by atoms with Crippen LogP contribution in [0.1, 0.15) is 273 Å². The van der Waals surface area contributed by atoms with E-state index in [4.69, 9.17) is 60.9 Å². The van der Waals surface area contributed by atoms with Gasteiger partial charge in [0.25, 0.3) is 0 Å². The Balaban J connectivity index is -0.000000209. The molecule has 0 saturated heterocycles. The Labute approximate surface area is 438 Å². The van der Waals surface area contributed by atoms with E-state index in [0.717, 1.165) is 0 Å². The van der Waals surface area contributed by atoms with Crippen LogP contribution < -0.4 is 24.8 Å². The third-order valence-electron chi connectivity index (χ3n) is 12.3.